The van der Waals surface area contributed by atoms with Gasteiger partial charge in [-0.15, -0.1) is 0 Å². The number of anilines is 2. The summed E-state index contributed by atoms with van der Waals surface area (Å²) < 4.78 is 0. The van der Waals surface area contributed by atoms with E-state index < -0.39 is 0 Å². The van der Waals surface area contributed by atoms with E-state index in [4.69, 9.17) is 17.3 Å². The molecule has 0 radical (unpaired) electrons. The molecule has 0 saturated heterocycles. The molecule has 1 aliphatic carbocycles. The molecular weight excluding hydrogens is 274 g/mol. The second-order valence-electron chi connectivity index (χ2n) is 4.84. The fourth-order valence-electron chi connectivity index (χ4n) is 2.40. The van der Waals surface area contributed by atoms with Gasteiger partial charge in [-0.25, -0.2) is 4.98 Å². The Labute approximate surface area is 122 Å². The van der Waals surface area contributed by atoms with Crippen LogP contribution in [-0.2, 0) is 12.8 Å². The van der Waals surface area contributed by atoms with Gasteiger partial charge in [0.05, 0.1) is 5.56 Å². The van der Waals surface area contributed by atoms with Crippen molar-refractivity contribution in [1.29, 1.82) is 0 Å². The minimum absolute atomic E-state index is 0.243. The first kappa shape index (κ1) is 12.9. The number of hydrogen-bond donors (Lipinski definition) is 2. The molecule has 1 amide bonds. The van der Waals surface area contributed by atoms with Gasteiger partial charge in [-0.05, 0) is 55.2 Å². The molecule has 0 saturated carbocycles. The largest absolute Gasteiger partial charge is 0.383 e. The lowest BCUT2D eigenvalue weighted by Gasteiger charge is -2.09. The van der Waals surface area contributed by atoms with Crippen LogP contribution in [0.15, 0.2) is 30.3 Å². The van der Waals surface area contributed by atoms with Crippen LogP contribution < -0.4 is 11.1 Å². The number of aryl methyl sites for hydroxylation is 2. The quantitative estimate of drug-likeness (QED) is 0.892. The fourth-order valence-corrected chi connectivity index (χ4v) is 2.53. The van der Waals surface area contributed by atoms with Crippen LogP contribution in [0, 0.1) is 0 Å². The summed E-state index contributed by atoms with van der Waals surface area (Å²) in [6.45, 7) is 0. The monoisotopic (exact) mass is 287 g/mol. The lowest BCUT2D eigenvalue weighted by molar-refractivity contribution is 0.102. The number of carbonyl (C=O) groups is 1. The highest BCUT2D eigenvalue weighted by atomic mass is 35.5. The fraction of sp³-hybridized carbons (Fsp3) is 0.200. The van der Waals surface area contributed by atoms with Crippen molar-refractivity contribution in [3.05, 3.63) is 52.2 Å². The number of nitrogens with two attached hydrogens (primary N) is 1. The average molecular weight is 288 g/mol. The van der Waals surface area contributed by atoms with Crippen LogP contribution in [0.3, 0.4) is 0 Å². The zero-order valence-corrected chi connectivity index (χ0v) is 11.6. The number of pyridine rings is 1. The highest BCUT2D eigenvalue weighted by Gasteiger charge is 2.18. The Balaban J connectivity index is 1.85. The van der Waals surface area contributed by atoms with Crippen molar-refractivity contribution in [3.63, 3.8) is 0 Å². The number of hydrogen-bond acceptors (Lipinski definition) is 3. The Bertz CT molecular complexity index is 668. The van der Waals surface area contributed by atoms with E-state index in [1.165, 1.54) is 0 Å². The van der Waals surface area contributed by atoms with Crippen molar-refractivity contribution in [1.82, 2.24) is 4.98 Å². The number of nitrogens with one attached hydrogen (secondary N) is 1. The van der Waals surface area contributed by atoms with Gasteiger partial charge in [0.25, 0.3) is 5.91 Å². The third kappa shape index (κ3) is 2.47. The molecule has 1 aliphatic rings. The molecule has 0 bridgehead atoms. The second-order valence-corrected chi connectivity index (χ2v) is 5.28. The van der Waals surface area contributed by atoms with E-state index in [9.17, 15) is 4.79 Å². The SMILES string of the molecule is Nc1nc2c(cc1C(=O)Nc1ccc(Cl)cc1)CCC2. The van der Waals surface area contributed by atoms with Crippen molar-refractivity contribution < 1.29 is 4.79 Å². The number of aromatic nitrogens is 1. The lowest BCUT2D eigenvalue weighted by Crippen LogP contribution is -2.15. The number of fused-ring (bicyclic) bond motifs is 1. The Kier molecular flexibility index (Phi) is 3.32. The summed E-state index contributed by atoms with van der Waals surface area (Å²) in [7, 11) is 0. The summed E-state index contributed by atoms with van der Waals surface area (Å²) in [5, 5.41) is 3.43. The van der Waals surface area contributed by atoms with Gasteiger partial charge in [0, 0.05) is 16.4 Å². The average Bonchev–Trinajstić information content (AvgIpc) is 2.87. The molecule has 2 aromatic rings. The Morgan fingerprint density at radius 1 is 1.25 bits per heavy atom. The smallest absolute Gasteiger partial charge is 0.259 e. The van der Waals surface area contributed by atoms with E-state index in [2.05, 4.69) is 10.3 Å². The topological polar surface area (TPSA) is 68.0 Å². The predicted octanol–water partition coefficient (Wildman–Crippen LogP) is 3.06. The number of nitrogen functional groups attached to an aromatic ring is 1. The van der Waals surface area contributed by atoms with Gasteiger partial charge in [-0.2, -0.15) is 0 Å². The minimum Gasteiger partial charge on any atom is -0.383 e. The van der Waals surface area contributed by atoms with Gasteiger partial charge in [-0.1, -0.05) is 11.6 Å². The van der Waals surface area contributed by atoms with Gasteiger partial charge in [0.1, 0.15) is 5.82 Å². The first-order valence-electron chi connectivity index (χ1n) is 6.48. The molecule has 0 fully saturated rings. The number of amides is 1. The van der Waals surface area contributed by atoms with Crippen LogP contribution in [0.25, 0.3) is 0 Å². The maximum atomic E-state index is 12.3. The highest BCUT2D eigenvalue weighted by molar-refractivity contribution is 6.30. The molecule has 0 aliphatic heterocycles. The van der Waals surface area contributed by atoms with Crippen LogP contribution in [-0.4, -0.2) is 10.9 Å². The Morgan fingerprint density at radius 2 is 2.00 bits per heavy atom. The molecule has 102 valence electrons. The maximum Gasteiger partial charge on any atom is 0.259 e. The minimum atomic E-state index is -0.243. The van der Waals surface area contributed by atoms with E-state index in [0.29, 0.717) is 16.3 Å². The normalized spacial score (nSPS) is 13.1. The van der Waals surface area contributed by atoms with Crippen molar-refractivity contribution in [3.8, 4) is 0 Å². The molecule has 1 aromatic heterocycles. The number of nitrogens with zero attached hydrogens (tertiary/aromatic N) is 1. The molecule has 3 rings (SSSR count). The van der Waals surface area contributed by atoms with E-state index in [1.807, 2.05) is 6.07 Å². The number of halogens is 1. The summed E-state index contributed by atoms with van der Waals surface area (Å²) in [5.74, 6) is 0.0455. The first-order valence-corrected chi connectivity index (χ1v) is 6.86. The van der Waals surface area contributed by atoms with Gasteiger partial charge < -0.3 is 11.1 Å². The van der Waals surface area contributed by atoms with Crippen LogP contribution in [0.2, 0.25) is 5.02 Å². The highest BCUT2D eigenvalue weighted by Crippen LogP contribution is 2.24. The molecule has 4 nitrogen and oxygen atoms in total. The van der Waals surface area contributed by atoms with Crippen molar-refractivity contribution in [2.24, 2.45) is 0 Å². The summed E-state index contributed by atoms with van der Waals surface area (Å²) in [5.41, 5.74) is 9.13. The Hall–Kier alpha value is -2.07. The second kappa shape index (κ2) is 5.13. The third-order valence-corrected chi connectivity index (χ3v) is 3.68. The molecule has 0 spiro atoms. The molecule has 1 aromatic carbocycles. The predicted molar refractivity (Wildman–Crippen MR) is 80.1 cm³/mol. The molecular formula is C15H14ClN3O. The first-order chi connectivity index (χ1) is 9.63. The summed E-state index contributed by atoms with van der Waals surface area (Å²) in [4.78, 5) is 16.6. The van der Waals surface area contributed by atoms with Crippen LogP contribution in [0.4, 0.5) is 11.5 Å². The lowest BCUT2D eigenvalue weighted by atomic mass is 10.1. The molecule has 1 heterocycles. The number of benzene rings is 1. The molecule has 5 heteroatoms. The Morgan fingerprint density at radius 3 is 2.75 bits per heavy atom. The molecule has 3 N–H and O–H groups in total. The summed E-state index contributed by atoms with van der Waals surface area (Å²) in [6.07, 6.45) is 2.98. The standard InChI is InChI=1S/C15H14ClN3O/c16-10-4-6-11(7-5-10)18-15(20)12-8-9-2-1-3-13(9)19-14(12)17/h4-8H,1-3H2,(H2,17,19)(H,18,20). The van der Waals surface area contributed by atoms with E-state index >= 15 is 0 Å². The third-order valence-electron chi connectivity index (χ3n) is 3.43. The van der Waals surface area contributed by atoms with Crippen LogP contribution >= 0.6 is 11.6 Å². The molecule has 0 atom stereocenters. The van der Waals surface area contributed by atoms with E-state index in [-0.39, 0.29) is 11.7 Å². The van der Waals surface area contributed by atoms with Gasteiger partial charge in [-0.3, -0.25) is 4.79 Å². The van der Waals surface area contributed by atoms with Gasteiger partial charge in [0.15, 0.2) is 0 Å². The van der Waals surface area contributed by atoms with Crippen molar-refractivity contribution in [2.45, 2.75) is 19.3 Å². The summed E-state index contributed by atoms with van der Waals surface area (Å²) >= 11 is 5.81. The molecule has 20 heavy (non-hydrogen) atoms. The van der Waals surface area contributed by atoms with Gasteiger partial charge >= 0.3 is 0 Å². The van der Waals surface area contributed by atoms with Crippen molar-refractivity contribution in [2.75, 3.05) is 11.1 Å². The zero-order valence-electron chi connectivity index (χ0n) is 10.8. The number of carbonyl (C=O) groups excluding carboxylic acids is 1. The zero-order chi connectivity index (χ0) is 14.1. The van der Waals surface area contributed by atoms with Crippen LogP contribution in [0.1, 0.15) is 28.0 Å². The maximum absolute atomic E-state index is 12.3. The van der Waals surface area contributed by atoms with Crippen LogP contribution in [0.5, 0.6) is 0 Å². The number of rotatable bonds is 2. The van der Waals surface area contributed by atoms with E-state index in [1.54, 1.807) is 24.3 Å². The van der Waals surface area contributed by atoms with E-state index in [0.717, 1.165) is 30.5 Å². The van der Waals surface area contributed by atoms with Gasteiger partial charge in [0.2, 0.25) is 0 Å². The summed E-state index contributed by atoms with van der Waals surface area (Å²) in [6, 6.07) is 8.80. The van der Waals surface area contributed by atoms with Crippen molar-refractivity contribution >= 4 is 29.0 Å². The molecule has 0 unspecified atom stereocenters.